The Hall–Kier alpha value is 0.850. The Kier molecular flexibility index (Phi) is 4.42. The lowest BCUT2D eigenvalue weighted by Gasteiger charge is -2.26. The van der Waals surface area contributed by atoms with E-state index in [1.165, 1.54) is 0 Å². The van der Waals surface area contributed by atoms with Gasteiger partial charge in [-0.05, 0) is 12.0 Å². The lowest BCUT2D eigenvalue weighted by molar-refractivity contribution is 0.455. The van der Waals surface area contributed by atoms with Crippen LogP contribution in [0.1, 0.15) is 6.42 Å². The molecule has 0 fully saturated rings. The third-order valence-corrected chi connectivity index (χ3v) is 6.44. The van der Waals surface area contributed by atoms with Crippen molar-refractivity contribution in [1.82, 2.24) is 0 Å². The van der Waals surface area contributed by atoms with Crippen molar-refractivity contribution in [2.75, 3.05) is 8.86 Å². The van der Waals surface area contributed by atoms with Crippen molar-refractivity contribution in [3.05, 3.63) is 23.8 Å². The standard InChI is InChI=1S/C8H10I2O3S/c9-5-7-1-3-8(6-10,4-2-7)14(11,12)13/h1-3H,4-6H2,(H,11,12,13). The molecule has 0 heterocycles. The molecule has 0 aliphatic heterocycles. The molecule has 0 bridgehead atoms. The predicted octanol–water partition coefficient (Wildman–Crippen LogP) is 2.37. The molecule has 0 aromatic heterocycles. The van der Waals surface area contributed by atoms with Crippen molar-refractivity contribution < 1.29 is 13.0 Å². The summed E-state index contributed by atoms with van der Waals surface area (Å²) in [6.45, 7) is 0. The first-order valence-electron chi connectivity index (χ1n) is 3.92. The number of allylic oxidation sites excluding steroid dienone is 3. The van der Waals surface area contributed by atoms with Gasteiger partial charge in [-0.15, -0.1) is 0 Å². The highest BCUT2D eigenvalue weighted by molar-refractivity contribution is 14.1. The monoisotopic (exact) mass is 440 g/mol. The van der Waals surface area contributed by atoms with Crippen LogP contribution in [0.2, 0.25) is 0 Å². The van der Waals surface area contributed by atoms with Crippen LogP contribution in [0.3, 0.4) is 0 Å². The Morgan fingerprint density at radius 2 is 2.14 bits per heavy atom. The maximum absolute atomic E-state index is 11.2. The molecule has 1 aliphatic rings. The van der Waals surface area contributed by atoms with E-state index in [2.05, 4.69) is 22.6 Å². The van der Waals surface area contributed by atoms with E-state index in [4.69, 9.17) is 4.55 Å². The molecule has 0 radical (unpaired) electrons. The summed E-state index contributed by atoms with van der Waals surface area (Å²) in [5, 5.41) is 0. The molecule has 80 valence electrons. The quantitative estimate of drug-likeness (QED) is 0.417. The van der Waals surface area contributed by atoms with Gasteiger partial charge in [0.05, 0.1) is 0 Å². The average Bonchev–Trinajstić information content (AvgIpc) is 2.16. The molecule has 0 aromatic rings. The highest BCUT2D eigenvalue weighted by atomic mass is 127. The van der Waals surface area contributed by atoms with Gasteiger partial charge in [0.2, 0.25) is 0 Å². The summed E-state index contributed by atoms with van der Waals surface area (Å²) in [5.74, 6) is 0. The Morgan fingerprint density at radius 1 is 1.50 bits per heavy atom. The fourth-order valence-corrected chi connectivity index (χ4v) is 4.14. The minimum atomic E-state index is -4.01. The summed E-state index contributed by atoms with van der Waals surface area (Å²) in [4.78, 5) is 0. The summed E-state index contributed by atoms with van der Waals surface area (Å²) < 4.78 is 31.7. The minimum absolute atomic E-state index is 0.365. The van der Waals surface area contributed by atoms with Gasteiger partial charge in [0, 0.05) is 8.86 Å². The molecule has 14 heavy (non-hydrogen) atoms. The third-order valence-electron chi connectivity index (χ3n) is 2.21. The second-order valence-corrected chi connectivity index (χ2v) is 6.41. The third kappa shape index (κ3) is 2.50. The van der Waals surface area contributed by atoms with Gasteiger partial charge >= 0.3 is 0 Å². The molecule has 1 aliphatic carbocycles. The largest absolute Gasteiger partial charge is 0.285 e. The van der Waals surface area contributed by atoms with Crippen molar-refractivity contribution in [1.29, 1.82) is 0 Å². The molecule has 0 saturated heterocycles. The molecule has 6 heteroatoms. The second-order valence-electron chi connectivity index (χ2n) is 3.12. The van der Waals surface area contributed by atoms with Crippen LogP contribution in [0.25, 0.3) is 0 Å². The van der Waals surface area contributed by atoms with E-state index in [0.717, 1.165) is 10.0 Å². The van der Waals surface area contributed by atoms with E-state index < -0.39 is 14.9 Å². The van der Waals surface area contributed by atoms with Crippen molar-refractivity contribution in [3.8, 4) is 0 Å². The summed E-state index contributed by atoms with van der Waals surface area (Å²) in [7, 11) is -4.01. The summed E-state index contributed by atoms with van der Waals surface area (Å²) in [6.07, 6.45) is 5.62. The van der Waals surface area contributed by atoms with Crippen LogP contribution in [-0.2, 0) is 10.1 Å². The summed E-state index contributed by atoms with van der Waals surface area (Å²) in [6, 6.07) is 0. The predicted molar refractivity (Wildman–Crippen MR) is 73.9 cm³/mol. The van der Waals surface area contributed by atoms with E-state index in [9.17, 15) is 8.42 Å². The van der Waals surface area contributed by atoms with Crippen LogP contribution in [0.15, 0.2) is 23.8 Å². The number of rotatable bonds is 3. The fourth-order valence-electron chi connectivity index (χ4n) is 1.16. The molecular formula is C8H10I2O3S. The number of hydrogen-bond donors (Lipinski definition) is 1. The van der Waals surface area contributed by atoms with Gasteiger partial charge < -0.3 is 0 Å². The average molecular weight is 440 g/mol. The SMILES string of the molecule is O=S(=O)(O)C1(CI)C=CC(CI)=CC1. The molecule has 3 nitrogen and oxygen atoms in total. The fraction of sp³-hybridized carbons (Fsp3) is 0.500. The molecule has 1 atom stereocenters. The minimum Gasteiger partial charge on any atom is -0.285 e. The van der Waals surface area contributed by atoms with Gasteiger partial charge in [0.25, 0.3) is 10.1 Å². The summed E-state index contributed by atoms with van der Waals surface area (Å²) in [5.41, 5.74) is 1.11. The van der Waals surface area contributed by atoms with E-state index in [-0.39, 0.29) is 0 Å². The number of alkyl halides is 2. The second kappa shape index (κ2) is 4.79. The highest BCUT2D eigenvalue weighted by Gasteiger charge is 2.39. The zero-order valence-corrected chi connectivity index (χ0v) is 12.4. The molecule has 0 spiro atoms. The molecule has 1 unspecified atom stereocenters. The Balaban J connectivity index is 3.02. The van der Waals surface area contributed by atoms with E-state index in [0.29, 0.717) is 10.8 Å². The van der Waals surface area contributed by atoms with Gasteiger partial charge in [-0.1, -0.05) is 63.4 Å². The Morgan fingerprint density at radius 3 is 2.43 bits per heavy atom. The van der Waals surface area contributed by atoms with Gasteiger partial charge in [-0.2, -0.15) is 8.42 Å². The van der Waals surface area contributed by atoms with Crippen LogP contribution in [-0.4, -0.2) is 26.6 Å². The normalized spacial score (nSPS) is 27.5. The molecule has 1 rings (SSSR count). The van der Waals surface area contributed by atoms with Gasteiger partial charge in [-0.25, -0.2) is 0 Å². The van der Waals surface area contributed by atoms with Crippen molar-refractivity contribution in [3.63, 3.8) is 0 Å². The molecule has 0 saturated carbocycles. The van der Waals surface area contributed by atoms with Crippen molar-refractivity contribution in [2.24, 2.45) is 0 Å². The number of halogens is 2. The van der Waals surface area contributed by atoms with Crippen LogP contribution < -0.4 is 0 Å². The zero-order chi connectivity index (χ0) is 10.8. The van der Waals surface area contributed by atoms with Gasteiger partial charge in [0.15, 0.2) is 0 Å². The topological polar surface area (TPSA) is 54.4 Å². The first-order valence-corrected chi connectivity index (χ1v) is 8.41. The first kappa shape index (κ1) is 12.9. The van der Waals surface area contributed by atoms with Crippen LogP contribution in [0, 0.1) is 0 Å². The molecule has 1 N–H and O–H groups in total. The summed E-state index contributed by atoms with van der Waals surface area (Å²) >= 11 is 4.20. The van der Waals surface area contributed by atoms with Gasteiger partial charge in [-0.3, -0.25) is 4.55 Å². The highest BCUT2D eigenvalue weighted by Crippen LogP contribution is 2.31. The lowest BCUT2D eigenvalue weighted by Crippen LogP contribution is -2.38. The first-order chi connectivity index (χ1) is 6.45. The van der Waals surface area contributed by atoms with E-state index in [1.807, 2.05) is 28.7 Å². The molecular weight excluding hydrogens is 430 g/mol. The van der Waals surface area contributed by atoms with Gasteiger partial charge in [0.1, 0.15) is 4.75 Å². The molecule has 0 amide bonds. The Labute approximate surface area is 111 Å². The van der Waals surface area contributed by atoms with E-state index >= 15 is 0 Å². The van der Waals surface area contributed by atoms with Crippen LogP contribution in [0.5, 0.6) is 0 Å². The number of hydrogen-bond acceptors (Lipinski definition) is 2. The smallest absolute Gasteiger partial charge is 0.275 e. The van der Waals surface area contributed by atoms with Crippen molar-refractivity contribution in [2.45, 2.75) is 11.2 Å². The molecule has 0 aromatic carbocycles. The Bertz CT molecular complexity index is 372. The maximum atomic E-state index is 11.2. The van der Waals surface area contributed by atoms with E-state index in [1.54, 1.807) is 12.2 Å². The maximum Gasteiger partial charge on any atom is 0.275 e. The van der Waals surface area contributed by atoms with Crippen LogP contribution >= 0.6 is 45.2 Å². The van der Waals surface area contributed by atoms with Crippen LogP contribution in [0.4, 0.5) is 0 Å². The zero-order valence-electron chi connectivity index (χ0n) is 7.28. The van der Waals surface area contributed by atoms with Crippen molar-refractivity contribution >= 4 is 55.3 Å². The lowest BCUT2D eigenvalue weighted by atomic mass is 9.98.